The van der Waals surface area contributed by atoms with E-state index in [4.69, 9.17) is 9.47 Å². The molecule has 136 valence electrons. The third-order valence-electron chi connectivity index (χ3n) is 4.32. The molecule has 1 atom stereocenters. The molecule has 2 aromatic rings. The molecule has 2 amide bonds. The van der Waals surface area contributed by atoms with E-state index in [1.165, 1.54) is 0 Å². The molecular formula is C20H22N2O4. The van der Waals surface area contributed by atoms with Crippen LogP contribution in [0.15, 0.2) is 48.5 Å². The zero-order valence-corrected chi connectivity index (χ0v) is 14.9. The van der Waals surface area contributed by atoms with Crippen LogP contribution in [0, 0.1) is 0 Å². The number of hydrogen-bond donors (Lipinski definition) is 1. The van der Waals surface area contributed by atoms with Gasteiger partial charge in [0.05, 0.1) is 12.2 Å². The van der Waals surface area contributed by atoms with Gasteiger partial charge in [-0.05, 0) is 30.2 Å². The maximum absolute atomic E-state index is 12.8. The Balaban J connectivity index is 1.78. The lowest BCUT2D eigenvalue weighted by molar-refractivity contribution is -0.128. The minimum atomic E-state index is -0.748. The Morgan fingerprint density at radius 1 is 1.19 bits per heavy atom. The summed E-state index contributed by atoms with van der Waals surface area (Å²) in [7, 11) is 1.54. The smallest absolute Gasteiger partial charge is 0.265 e. The summed E-state index contributed by atoms with van der Waals surface area (Å²) < 4.78 is 11.5. The number of ether oxygens (including phenoxy) is 2. The van der Waals surface area contributed by atoms with E-state index in [-0.39, 0.29) is 25.0 Å². The molecule has 0 aliphatic carbocycles. The minimum absolute atomic E-state index is 0.105. The number of carbonyl (C=O) groups excluding carboxylic acids is 2. The molecule has 1 heterocycles. The number of hydrogen-bond acceptors (Lipinski definition) is 4. The summed E-state index contributed by atoms with van der Waals surface area (Å²) in [4.78, 5) is 26.4. The van der Waals surface area contributed by atoms with Gasteiger partial charge in [0, 0.05) is 7.05 Å². The summed E-state index contributed by atoms with van der Waals surface area (Å²) in [5, 5.41) is 2.56. The number of carbonyl (C=O) groups is 2. The number of aryl methyl sites for hydroxylation is 1. The van der Waals surface area contributed by atoms with Gasteiger partial charge in [0.2, 0.25) is 0 Å². The van der Waals surface area contributed by atoms with Crippen LogP contribution in [-0.2, 0) is 16.0 Å². The van der Waals surface area contributed by atoms with Crippen molar-refractivity contribution in [2.24, 2.45) is 0 Å². The predicted octanol–water partition coefficient (Wildman–Crippen LogP) is 2.17. The molecule has 2 aromatic carbocycles. The number of nitrogens with one attached hydrogen (secondary N) is 1. The Morgan fingerprint density at radius 2 is 1.92 bits per heavy atom. The van der Waals surface area contributed by atoms with E-state index in [0.29, 0.717) is 17.2 Å². The van der Waals surface area contributed by atoms with Crippen molar-refractivity contribution < 1.29 is 19.1 Å². The van der Waals surface area contributed by atoms with E-state index in [9.17, 15) is 9.59 Å². The predicted molar refractivity (Wildman–Crippen MR) is 98.6 cm³/mol. The molecule has 1 N–H and O–H groups in total. The Morgan fingerprint density at radius 3 is 2.69 bits per heavy atom. The molecule has 0 saturated carbocycles. The van der Waals surface area contributed by atoms with E-state index in [2.05, 4.69) is 5.32 Å². The van der Waals surface area contributed by atoms with Crippen molar-refractivity contribution in [1.82, 2.24) is 5.32 Å². The Hall–Kier alpha value is -3.02. The second-order valence-corrected chi connectivity index (χ2v) is 5.94. The van der Waals surface area contributed by atoms with Gasteiger partial charge in [0.25, 0.3) is 11.8 Å². The number of benzene rings is 2. The summed E-state index contributed by atoms with van der Waals surface area (Å²) in [5.74, 6) is 0.720. The average Bonchev–Trinajstić information content (AvgIpc) is 2.70. The fourth-order valence-electron chi connectivity index (χ4n) is 2.92. The van der Waals surface area contributed by atoms with Crippen molar-refractivity contribution >= 4 is 17.5 Å². The number of nitrogens with zero attached hydrogens (tertiary/aromatic N) is 1. The van der Waals surface area contributed by atoms with Crippen LogP contribution in [0.5, 0.6) is 11.5 Å². The first-order valence-electron chi connectivity index (χ1n) is 8.62. The molecule has 0 aromatic heterocycles. The molecular weight excluding hydrogens is 332 g/mol. The normalized spacial score (nSPS) is 15.6. The van der Waals surface area contributed by atoms with E-state index >= 15 is 0 Å². The van der Waals surface area contributed by atoms with E-state index < -0.39 is 6.10 Å². The largest absolute Gasteiger partial charge is 0.483 e. The van der Waals surface area contributed by atoms with Gasteiger partial charge in [-0.15, -0.1) is 0 Å². The van der Waals surface area contributed by atoms with Crippen LogP contribution in [0.4, 0.5) is 5.69 Å². The molecule has 1 unspecified atom stereocenters. The highest BCUT2D eigenvalue weighted by atomic mass is 16.5. The summed E-state index contributed by atoms with van der Waals surface area (Å²) in [6.45, 7) is 2.08. The van der Waals surface area contributed by atoms with Gasteiger partial charge in [-0.25, -0.2) is 0 Å². The molecule has 0 radical (unpaired) electrons. The van der Waals surface area contributed by atoms with Gasteiger partial charge < -0.3 is 19.7 Å². The maximum Gasteiger partial charge on any atom is 0.265 e. The lowest BCUT2D eigenvalue weighted by atomic mass is 10.1. The highest BCUT2D eigenvalue weighted by molar-refractivity contribution is 5.98. The Labute approximate surface area is 152 Å². The summed E-state index contributed by atoms with van der Waals surface area (Å²) >= 11 is 0. The molecule has 26 heavy (non-hydrogen) atoms. The molecule has 1 aliphatic heterocycles. The summed E-state index contributed by atoms with van der Waals surface area (Å²) in [6.07, 6.45) is 0.0746. The van der Waals surface area contributed by atoms with Crippen molar-refractivity contribution in [2.75, 3.05) is 25.1 Å². The highest BCUT2D eigenvalue weighted by Gasteiger charge is 2.33. The third kappa shape index (κ3) is 3.64. The summed E-state index contributed by atoms with van der Waals surface area (Å²) in [5.41, 5.74) is 1.69. The minimum Gasteiger partial charge on any atom is -0.483 e. The molecule has 6 heteroatoms. The zero-order chi connectivity index (χ0) is 18.5. The van der Waals surface area contributed by atoms with Crippen LogP contribution in [0.1, 0.15) is 12.5 Å². The van der Waals surface area contributed by atoms with Crippen LogP contribution in [-0.4, -0.2) is 38.1 Å². The topological polar surface area (TPSA) is 67.9 Å². The monoisotopic (exact) mass is 354 g/mol. The van der Waals surface area contributed by atoms with Crippen molar-refractivity contribution in [1.29, 1.82) is 0 Å². The fraction of sp³-hybridized carbons (Fsp3) is 0.300. The SMILES string of the molecule is CCc1ccccc1OCC(=O)N1CC(C(=O)NC)Oc2ccccc21. The Bertz CT molecular complexity index is 806. The number of anilines is 1. The average molecular weight is 354 g/mol. The molecule has 6 nitrogen and oxygen atoms in total. The zero-order valence-electron chi connectivity index (χ0n) is 14.9. The highest BCUT2D eigenvalue weighted by Crippen LogP contribution is 2.33. The number of para-hydroxylation sites is 3. The van der Waals surface area contributed by atoms with Gasteiger partial charge in [-0.3, -0.25) is 9.59 Å². The molecule has 3 rings (SSSR count). The van der Waals surface area contributed by atoms with E-state index in [1.807, 2.05) is 43.3 Å². The number of likely N-dealkylation sites (N-methyl/N-ethyl adjacent to an activating group) is 1. The second kappa shape index (κ2) is 7.91. The third-order valence-corrected chi connectivity index (χ3v) is 4.32. The quantitative estimate of drug-likeness (QED) is 0.894. The van der Waals surface area contributed by atoms with Crippen LogP contribution < -0.4 is 19.7 Å². The number of fused-ring (bicyclic) bond motifs is 1. The van der Waals surface area contributed by atoms with Crippen LogP contribution in [0.25, 0.3) is 0 Å². The van der Waals surface area contributed by atoms with Crippen LogP contribution in [0.2, 0.25) is 0 Å². The molecule has 0 spiro atoms. The molecule has 0 fully saturated rings. The van der Waals surface area contributed by atoms with Crippen molar-refractivity contribution in [3.05, 3.63) is 54.1 Å². The standard InChI is InChI=1S/C20H22N2O4/c1-3-14-8-4-6-10-16(14)25-13-19(23)22-12-18(20(24)21-2)26-17-11-7-5-9-15(17)22/h4-11,18H,3,12-13H2,1-2H3,(H,21,24). The Kier molecular flexibility index (Phi) is 5.41. The second-order valence-electron chi connectivity index (χ2n) is 5.94. The number of amides is 2. The lowest BCUT2D eigenvalue weighted by Crippen LogP contribution is -2.51. The first kappa shape index (κ1) is 17.8. The number of rotatable bonds is 5. The van der Waals surface area contributed by atoms with Crippen molar-refractivity contribution in [3.8, 4) is 11.5 Å². The van der Waals surface area contributed by atoms with E-state index in [1.54, 1.807) is 24.1 Å². The van der Waals surface area contributed by atoms with Crippen molar-refractivity contribution in [2.45, 2.75) is 19.4 Å². The van der Waals surface area contributed by atoms with Crippen molar-refractivity contribution in [3.63, 3.8) is 0 Å². The molecule has 1 aliphatic rings. The van der Waals surface area contributed by atoms with Crippen LogP contribution >= 0.6 is 0 Å². The van der Waals surface area contributed by atoms with E-state index in [0.717, 1.165) is 12.0 Å². The van der Waals surface area contributed by atoms with Gasteiger partial charge >= 0.3 is 0 Å². The van der Waals surface area contributed by atoms with Gasteiger partial charge in [0.1, 0.15) is 11.5 Å². The van der Waals surface area contributed by atoms with Crippen LogP contribution in [0.3, 0.4) is 0 Å². The van der Waals surface area contributed by atoms with Gasteiger partial charge in [0.15, 0.2) is 12.7 Å². The maximum atomic E-state index is 12.8. The van der Waals surface area contributed by atoms with Gasteiger partial charge in [-0.2, -0.15) is 0 Å². The lowest BCUT2D eigenvalue weighted by Gasteiger charge is -2.34. The molecule has 0 saturated heterocycles. The first-order valence-corrected chi connectivity index (χ1v) is 8.62. The summed E-state index contributed by atoms with van der Waals surface area (Å²) in [6, 6.07) is 14.8. The molecule has 0 bridgehead atoms. The van der Waals surface area contributed by atoms with Gasteiger partial charge in [-0.1, -0.05) is 37.3 Å². The fourth-order valence-corrected chi connectivity index (χ4v) is 2.92. The first-order chi connectivity index (χ1) is 12.6.